The number of nitrogens with zero attached hydrogens (tertiary/aromatic N) is 2. The molecule has 8 nitrogen and oxygen atoms in total. The molecule has 0 aromatic heterocycles. The largest absolute Gasteiger partial charge is 0.379 e. The predicted octanol–water partition coefficient (Wildman–Crippen LogP) is 1.33. The van der Waals surface area contributed by atoms with Gasteiger partial charge in [-0.1, -0.05) is 6.07 Å². The summed E-state index contributed by atoms with van der Waals surface area (Å²) in [6, 6.07) is 6.27. The van der Waals surface area contributed by atoms with Crippen molar-refractivity contribution >= 4 is 15.9 Å². The van der Waals surface area contributed by atoms with Gasteiger partial charge in [-0.05, 0) is 51.4 Å². The molecule has 2 unspecified atom stereocenters. The molecule has 0 radical (unpaired) electrons. The van der Waals surface area contributed by atoms with Crippen molar-refractivity contribution in [3.05, 3.63) is 29.8 Å². The molecule has 2 saturated heterocycles. The van der Waals surface area contributed by atoms with Gasteiger partial charge >= 0.3 is 0 Å². The summed E-state index contributed by atoms with van der Waals surface area (Å²) in [5, 5.41) is 2.90. The average molecular weight is 440 g/mol. The lowest BCUT2D eigenvalue weighted by Crippen LogP contribution is -2.48. The normalized spacial score (nSPS) is 23.9. The minimum absolute atomic E-state index is 0.142. The van der Waals surface area contributed by atoms with Crippen molar-refractivity contribution in [2.75, 3.05) is 52.5 Å². The van der Waals surface area contributed by atoms with Crippen LogP contribution in [0.15, 0.2) is 29.2 Å². The van der Waals surface area contributed by atoms with E-state index >= 15 is 0 Å². The Morgan fingerprint density at radius 2 is 1.83 bits per heavy atom. The summed E-state index contributed by atoms with van der Waals surface area (Å²) in [5.74, 6) is -0.248. The molecule has 1 aromatic carbocycles. The number of carbonyl (C=O) groups excluding carboxylic acids is 1. The molecule has 0 bridgehead atoms. The van der Waals surface area contributed by atoms with Gasteiger partial charge in [0.15, 0.2) is 0 Å². The van der Waals surface area contributed by atoms with Gasteiger partial charge in [-0.3, -0.25) is 9.69 Å². The zero-order valence-corrected chi connectivity index (χ0v) is 18.7. The van der Waals surface area contributed by atoms with E-state index in [9.17, 15) is 13.2 Å². The van der Waals surface area contributed by atoms with E-state index in [2.05, 4.69) is 10.2 Å². The Morgan fingerprint density at radius 3 is 2.53 bits per heavy atom. The molecule has 3 rings (SSSR count). The van der Waals surface area contributed by atoms with Crippen molar-refractivity contribution in [1.29, 1.82) is 0 Å². The number of hydrogen-bond acceptors (Lipinski definition) is 6. The number of unbranched alkanes of at least 4 members (excludes halogenated alkanes) is 1. The Balaban J connectivity index is 1.52. The number of ether oxygens (including phenoxy) is 2. The second-order valence-corrected chi connectivity index (χ2v) is 9.96. The molecule has 1 N–H and O–H groups in total. The Labute approximate surface area is 179 Å². The molecule has 1 aromatic rings. The van der Waals surface area contributed by atoms with Gasteiger partial charge in [0, 0.05) is 38.3 Å². The SMILES string of the molecule is CC1CN(S(=O)(=O)c2cccc(C(=O)NCCCCN3CCOCC3)c2)CC(C)O1. The molecule has 0 spiro atoms. The van der Waals surface area contributed by atoms with E-state index in [1.54, 1.807) is 18.2 Å². The standard InChI is InChI=1S/C21H33N3O5S/c1-17-15-24(16-18(2)29-17)30(26,27)20-7-5-6-19(14-20)21(25)22-8-3-4-9-23-10-12-28-13-11-23/h5-7,14,17-18H,3-4,8-13,15-16H2,1-2H3,(H,22,25). The van der Waals surface area contributed by atoms with Gasteiger partial charge in [-0.2, -0.15) is 4.31 Å². The highest BCUT2D eigenvalue weighted by Gasteiger charge is 2.32. The number of carbonyl (C=O) groups is 1. The van der Waals surface area contributed by atoms with Crippen LogP contribution >= 0.6 is 0 Å². The molecule has 2 aliphatic heterocycles. The van der Waals surface area contributed by atoms with E-state index in [1.807, 2.05) is 13.8 Å². The molecule has 0 saturated carbocycles. The van der Waals surface area contributed by atoms with E-state index in [-0.39, 0.29) is 23.0 Å². The minimum Gasteiger partial charge on any atom is -0.379 e. The van der Waals surface area contributed by atoms with Crippen LogP contribution in [-0.4, -0.2) is 88.2 Å². The first-order chi connectivity index (χ1) is 14.4. The highest BCUT2D eigenvalue weighted by molar-refractivity contribution is 7.89. The molecular weight excluding hydrogens is 406 g/mol. The molecule has 30 heavy (non-hydrogen) atoms. The van der Waals surface area contributed by atoms with E-state index < -0.39 is 10.0 Å². The fourth-order valence-electron chi connectivity index (χ4n) is 3.86. The van der Waals surface area contributed by atoms with Crippen molar-refractivity contribution < 1.29 is 22.7 Å². The van der Waals surface area contributed by atoms with E-state index in [1.165, 1.54) is 10.4 Å². The number of rotatable bonds is 8. The Hall–Kier alpha value is -1.52. The molecule has 1 amide bonds. The van der Waals surface area contributed by atoms with Crippen LogP contribution in [0.5, 0.6) is 0 Å². The van der Waals surface area contributed by atoms with Crippen LogP contribution in [0.4, 0.5) is 0 Å². The van der Waals surface area contributed by atoms with Crippen molar-refractivity contribution in [2.24, 2.45) is 0 Å². The topological polar surface area (TPSA) is 88.2 Å². The maximum atomic E-state index is 13.0. The van der Waals surface area contributed by atoms with Gasteiger partial charge in [0.25, 0.3) is 5.91 Å². The van der Waals surface area contributed by atoms with Gasteiger partial charge in [0.1, 0.15) is 0 Å². The maximum Gasteiger partial charge on any atom is 0.251 e. The van der Waals surface area contributed by atoms with Crippen LogP contribution in [0.3, 0.4) is 0 Å². The number of nitrogens with one attached hydrogen (secondary N) is 1. The van der Waals surface area contributed by atoms with Gasteiger partial charge in [-0.15, -0.1) is 0 Å². The van der Waals surface area contributed by atoms with E-state index in [4.69, 9.17) is 9.47 Å². The van der Waals surface area contributed by atoms with Crippen LogP contribution in [0.1, 0.15) is 37.0 Å². The first-order valence-electron chi connectivity index (χ1n) is 10.7. The number of amides is 1. The summed E-state index contributed by atoms with van der Waals surface area (Å²) in [7, 11) is -3.67. The molecule has 2 heterocycles. The van der Waals surface area contributed by atoms with Gasteiger partial charge in [0.05, 0.1) is 30.3 Å². The lowest BCUT2D eigenvalue weighted by atomic mass is 10.2. The highest BCUT2D eigenvalue weighted by Crippen LogP contribution is 2.22. The summed E-state index contributed by atoms with van der Waals surface area (Å²) < 4.78 is 38.5. The molecule has 0 aliphatic carbocycles. The van der Waals surface area contributed by atoms with E-state index in [0.29, 0.717) is 25.2 Å². The third-order valence-corrected chi connectivity index (χ3v) is 7.24. The smallest absolute Gasteiger partial charge is 0.251 e. The molecular formula is C21H33N3O5S. The summed E-state index contributed by atoms with van der Waals surface area (Å²) in [5.41, 5.74) is 0.360. The summed E-state index contributed by atoms with van der Waals surface area (Å²) >= 11 is 0. The van der Waals surface area contributed by atoms with Crippen molar-refractivity contribution in [2.45, 2.75) is 43.8 Å². The van der Waals surface area contributed by atoms with Crippen LogP contribution in [-0.2, 0) is 19.5 Å². The molecule has 2 fully saturated rings. The van der Waals surface area contributed by atoms with Crippen LogP contribution in [0.2, 0.25) is 0 Å². The molecule has 9 heteroatoms. The first kappa shape index (κ1) is 23.1. The average Bonchev–Trinajstić information content (AvgIpc) is 2.73. The predicted molar refractivity (Wildman–Crippen MR) is 114 cm³/mol. The monoisotopic (exact) mass is 439 g/mol. The lowest BCUT2D eigenvalue weighted by molar-refractivity contribution is -0.0440. The van der Waals surface area contributed by atoms with Gasteiger partial charge < -0.3 is 14.8 Å². The van der Waals surface area contributed by atoms with Crippen LogP contribution < -0.4 is 5.32 Å². The maximum absolute atomic E-state index is 13.0. The second kappa shape index (κ2) is 10.7. The zero-order chi connectivity index (χ0) is 21.6. The Kier molecular flexibility index (Phi) is 8.24. The molecule has 2 aliphatic rings. The van der Waals surface area contributed by atoms with Crippen molar-refractivity contribution in [1.82, 2.24) is 14.5 Å². The fraction of sp³-hybridized carbons (Fsp3) is 0.667. The quantitative estimate of drug-likeness (QED) is 0.615. The lowest BCUT2D eigenvalue weighted by Gasteiger charge is -2.34. The minimum atomic E-state index is -3.67. The summed E-state index contributed by atoms with van der Waals surface area (Å²) in [6.07, 6.45) is 1.56. The molecule has 2 atom stereocenters. The number of sulfonamides is 1. The highest BCUT2D eigenvalue weighted by atomic mass is 32.2. The van der Waals surface area contributed by atoms with Crippen molar-refractivity contribution in [3.8, 4) is 0 Å². The summed E-state index contributed by atoms with van der Waals surface area (Å²) in [4.78, 5) is 15.0. The van der Waals surface area contributed by atoms with E-state index in [0.717, 1.165) is 45.7 Å². The number of benzene rings is 1. The Morgan fingerprint density at radius 1 is 1.13 bits per heavy atom. The second-order valence-electron chi connectivity index (χ2n) is 8.02. The van der Waals surface area contributed by atoms with Gasteiger partial charge in [0.2, 0.25) is 10.0 Å². The fourth-order valence-corrected chi connectivity index (χ4v) is 5.50. The third kappa shape index (κ3) is 6.24. The van der Waals surface area contributed by atoms with Gasteiger partial charge in [-0.25, -0.2) is 8.42 Å². The number of hydrogen-bond donors (Lipinski definition) is 1. The third-order valence-electron chi connectivity index (χ3n) is 5.41. The summed E-state index contributed by atoms with van der Waals surface area (Å²) in [6.45, 7) is 9.43. The first-order valence-corrected chi connectivity index (χ1v) is 12.1. The van der Waals surface area contributed by atoms with Crippen LogP contribution in [0.25, 0.3) is 0 Å². The molecule has 168 valence electrons. The Bertz CT molecular complexity index is 801. The van der Waals surface area contributed by atoms with Crippen molar-refractivity contribution in [3.63, 3.8) is 0 Å². The zero-order valence-electron chi connectivity index (χ0n) is 17.9. The van der Waals surface area contributed by atoms with Crippen LogP contribution in [0, 0.1) is 0 Å². The number of morpholine rings is 2.